The van der Waals surface area contributed by atoms with Gasteiger partial charge in [-0.3, -0.25) is 4.79 Å². The van der Waals surface area contributed by atoms with Crippen LogP contribution in [0.25, 0.3) is 0 Å². The molecule has 1 N–H and O–H groups in total. The van der Waals surface area contributed by atoms with Crippen LogP contribution in [0.2, 0.25) is 0 Å². The molecule has 2 atom stereocenters. The molecule has 1 aliphatic heterocycles. The molecule has 4 rings (SSSR count). The first-order chi connectivity index (χ1) is 18.0. The number of hydrogen-bond donors (Lipinski definition) is 1. The third-order valence-electron chi connectivity index (χ3n) is 6.66. The number of benzene rings is 2. The predicted molar refractivity (Wildman–Crippen MR) is 137 cm³/mol. The minimum absolute atomic E-state index is 0.0459. The Morgan fingerprint density at radius 1 is 1.11 bits per heavy atom. The Hall–Kier alpha value is -3.30. The van der Waals surface area contributed by atoms with Gasteiger partial charge in [-0.05, 0) is 43.0 Å². The lowest BCUT2D eigenvalue weighted by Gasteiger charge is -2.36. The van der Waals surface area contributed by atoms with E-state index >= 15 is 0 Å². The third-order valence-corrected chi connectivity index (χ3v) is 6.66. The molecule has 1 heterocycles. The summed E-state index contributed by atoms with van der Waals surface area (Å²) in [5.74, 6) is 1.08. The predicted octanol–water partition coefficient (Wildman–Crippen LogP) is 4.11. The Bertz CT molecular complexity index is 1040. The molecule has 2 aromatic carbocycles. The third kappa shape index (κ3) is 7.14. The monoisotopic (exact) mass is 512 g/mol. The molecule has 9 nitrogen and oxygen atoms in total. The van der Waals surface area contributed by atoms with Crippen molar-refractivity contribution < 1.29 is 33.6 Å². The largest absolute Gasteiger partial charge is 0.490 e. The molecule has 1 aliphatic carbocycles. The number of carboxylic acid groups (broad SMARTS) is 1. The van der Waals surface area contributed by atoms with E-state index in [2.05, 4.69) is 0 Å². The number of amides is 2. The van der Waals surface area contributed by atoms with Crippen molar-refractivity contribution in [1.29, 1.82) is 0 Å². The van der Waals surface area contributed by atoms with Gasteiger partial charge in [-0.25, -0.2) is 4.79 Å². The lowest BCUT2D eigenvalue weighted by molar-refractivity contribution is -0.151. The van der Waals surface area contributed by atoms with E-state index in [1.165, 1.54) is 4.90 Å². The zero-order valence-corrected chi connectivity index (χ0v) is 21.5. The number of hydrogen-bond acceptors (Lipinski definition) is 6. The van der Waals surface area contributed by atoms with Crippen molar-refractivity contribution in [2.75, 3.05) is 40.0 Å². The molecule has 2 aromatic rings. The second-order valence-electron chi connectivity index (χ2n) is 9.42. The molecule has 37 heavy (non-hydrogen) atoms. The highest BCUT2D eigenvalue weighted by Crippen LogP contribution is 2.38. The zero-order chi connectivity index (χ0) is 26.2. The van der Waals surface area contributed by atoms with Gasteiger partial charge >= 0.3 is 6.09 Å². The van der Waals surface area contributed by atoms with Crippen LogP contribution in [0.4, 0.5) is 4.79 Å². The van der Waals surface area contributed by atoms with Crippen LogP contribution in [0.1, 0.15) is 43.4 Å². The first-order valence-electron chi connectivity index (χ1n) is 12.8. The van der Waals surface area contributed by atoms with Crippen molar-refractivity contribution in [2.45, 2.75) is 51.0 Å². The van der Waals surface area contributed by atoms with E-state index in [1.54, 1.807) is 7.11 Å². The molecule has 200 valence electrons. The van der Waals surface area contributed by atoms with E-state index in [0.29, 0.717) is 31.3 Å². The number of carbonyl (C=O) groups is 2. The lowest BCUT2D eigenvalue weighted by atomic mass is 10.0. The molecule has 2 aliphatic rings. The van der Waals surface area contributed by atoms with Gasteiger partial charge in [0.1, 0.15) is 6.61 Å². The Morgan fingerprint density at radius 3 is 2.59 bits per heavy atom. The quantitative estimate of drug-likeness (QED) is 0.428. The summed E-state index contributed by atoms with van der Waals surface area (Å²) in [6.45, 7) is 3.99. The van der Waals surface area contributed by atoms with E-state index in [4.69, 9.17) is 18.9 Å². The number of ether oxygens (including phenoxy) is 4. The average Bonchev–Trinajstić information content (AvgIpc) is 3.76. The van der Waals surface area contributed by atoms with Gasteiger partial charge in [0, 0.05) is 32.7 Å². The summed E-state index contributed by atoms with van der Waals surface area (Å²) in [6.07, 6.45) is 0.744. The average molecular weight is 513 g/mol. The van der Waals surface area contributed by atoms with Gasteiger partial charge in [0.2, 0.25) is 0 Å². The van der Waals surface area contributed by atoms with E-state index in [1.807, 2.05) is 60.4 Å². The van der Waals surface area contributed by atoms with Crippen molar-refractivity contribution in [3.8, 4) is 11.5 Å². The van der Waals surface area contributed by atoms with Crippen LogP contribution < -0.4 is 9.47 Å². The maximum absolute atomic E-state index is 13.5. The standard InChI is InChI=1S/C28H36N2O7/c1-20(30(23-10-11-23)27(31)26-18-29(28(32)33)13-16-36-26)22-9-12-24(25(17-22)35-15-6-14-34-2)37-19-21-7-4-3-5-8-21/h3-5,7-9,12,17,20,23,26H,6,10-11,13-16,18-19H2,1-2H3,(H,32,33)/t20?,26-/m1/s1. The molecule has 1 saturated carbocycles. The fourth-order valence-corrected chi connectivity index (χ4v) is 4.48. The first kappa shape index (κ1) is 26.8. The molecule has 0 radical (unpaired) electrons. The Kier molecular flexibility index (Phi) is 9.24. The molecule has 1 saturated heterocycles. The summed E-state index contributed by atoms with van der Waals surface area (Å²) in [7, 11) is 1.66. The topological polar surface area (TPSA) is 97.8 Å². The summed E-state index contributed by atoms with van der Waals surface area (Å²) in [6, 6.07) is 15.6. The van der Waals surface area contributed by atoms with Crippen LogP contribution in [0, 0.1) is 0 Å². The Balaban J connectivity index is 1.51. The highest BCUT2D eigenvalue weighted by atomic mass is 16.5. The van der Waals surface area contributed by atoms with E-state index < -0.39 is 12.2 Å². The molecule has 0 spiro atoms. The second kappa shape index (κ2) is 12.8. The normalized spacial score (nSPS) is 18.2. The highest BCUT2D eigenvalue weighted by Gasteiger charge is 2.41. The maximum Gasteiger partial charge on any atom is 0.407 e. The van der Waals surface area contributed by atoms with Crippen molar-refractivity contribution in [3.63, 3.8) is 0 Å². The van der Waals surface area contributed by atoms with Crippen molar-refractivity contribution in [3.05, 3.63) is 59.7 Å². The molecule has 0 bridgehead atoms. The minimum atomic E-state index is -1.03. The summed E-state index contributed by atoms with van der Waals surface area (Å²) in [5.41, 5.74) is 1.97. The van der Waals surface area contributed by atoms with Gasteiger partial charge in [0.05, 0.1) is 25.8 Å². The van der Waals surface area contributed by atoms with E-state index in [9.17, 15) is 14.7 Å². The molecule has 9 heteroatoms. The second-order valence-corrected chi connectivity index (χ2v) is 9.42. The molecular weight excluding hydrogens is 476 g/mol. The van der Waals surface area contributed by atoms with Crippen molar-refractivity contribution in [2.24, 2.45) is 0 Å². The van der Waals surface area contributed by atoms with Crippen LogP contribution in [0.3, 0.4) is 0 Å². The lowest BCUT2D eigenvalue weighted by Crippen LogP contribution is -2.53. The van der Waals surface area contributed by atoms with Gasteiger partial charge in [-0.2, -0.15) is 0 Å². The number of rotatable bonds is 12. The van der Waals surface area contributed by atoms with E-state index in [-0.39, 0.29) is 37.7 Å². The zero-order valence-electron chi connectivity index (χ0n) is 21.5. The minimum Gasteiger partial charge on any atom is -0.490 e. The molecule has 0 aromatic heterocycles. The van der Waals surface area contributed by atoms with Crippen LogP contribution in [0.5, 0.6) is 11.5 Å². The van der Waals surface area contributed by atoms with Crippen LogP contribution >= 0.6 is 0 Å². The fourth-order valence-electron chi connectivity index (χ4n) is 4.48. The molecule has 2 amide bonds. The smallest absolute Gasteiger partial charge is 0.407 e. The highest BCUT2D eigenvalue weighted by molar-refractivity contribution is 5.83. The summed E-state index contributed by atoms with van der Waals surface area (Å²) < 4.78 is 23.0. The maximum atomic E-state index is 13.5. The Morgan fingerprint density at radius 2 is 1.89 bits per heavy atom. The number of methoxy groups -OCH3 is 1. The fraction of sp³-hybridized carbons (Fsp3) is 0.500. The summed E-state index contributed by atoms with van der Waals surface area (Å²) in [5, 5.41) is 9.37. The Labute approximate surface area is 217 Å². The van der Waals surface area contributed by atoms with Gasteiger partial charge < -0.3 is 33.9 Å². The number of nitrogens with zero attached hydrogens (tertiary/aromatic N) is 2. The number of carbonyl (C=O) groups excluding carboxylic acids is 1. The SMILES string of the molecule is COCCCOc1cc(C(C)N(C(=O)[C@H]2CN(C(=O)O)CCO2)C2CC2)ccc1OCc1ccccc1. The van der Waals surface area contributed by atoms with Gasteiger partial charge in [0.15, 0.2) is 17.6 Å². The molecular formula is C28H36N2O7. The van der Waals surface area contributed by atoms with Gasteiger partial charge in [0.25, 0.3) is 5.91 Å². The van der Waals surface area contributed by atoms with E-state index in [0.717, 1.165) is 30.4 Å². The van der Waals surface area contributed by atoms with Crippen molar-refractivity contribution in [1.82, 2.24) is 9.80 Å². The van der Waals surface area contributed by atoms with Crippen LogP contribution in [-0.2, 0) is 20.9 Å². The van der Waals surface area contributed by atoms with Gasteiger partial charge in [-0.1, -0.05) is 36.4 Å². The first-order valence-corrected chi connectivity index (χ1v) is 12.8. The molecule has 2 fully saturated rings. The molecule has 1 unspecified atom stereocenters. The summed E-state index contributed by atoms with van der Waals surface area (Å²) in [4.78, 5) is 28.1. The number of morpholine rings is 1. The summed E-state index contributed by atoms with van der Waals surface area (Å²) >= 11 is 0. The van der Waals surface area contributed by atoms with Crippen molar-refractivity contribution >= 4 is 12.0 Å². The van der Waals surface area contributed by atoms with Crippen LogP contribution in [-0.4, -0.2) is 79.1 Å². The van der Waals surface area contributed by atoms with Crippen LogP contribution in [0.15, 0.2) is 48.5 Å². The van der Waals surface area contributed by atoms with Gasteiger partial charge in [-0.15, -0.1) is 0 Å².